The van der Waals surface area contributed by atoms with Gasteiger partial charge in [-0.2, -0.15) is 0 Å². The summed E-state index contributed by atoms with van der Waals surface area (Å²) in [6.45, 7) is 10.4. The van der Waals surface area contributed by atoms with E-state index in [1.165, 1.54) is 11.1 Å². The quantitative estimate of drug-likeness (QED) is 0.729. The van der Waals surface area contributed by atoms with Crippen molar-refractivity contribution in [3.8, 4) is 0 Å². The van der Waals surface area contributed by atoms with Gasteiger partial charge in [0, 0.05) is 6.32 Å². The molecule has 0 atom stereocenters. The van der Waals surface area contributed by atoms with Crippen molar-refractivity contribution in [3.63, 3.8) is 0 Å². The van der Waals surface area contributed by atoms with Crippen molar-refractivity contribution in [3.05, 3.63) is 35.4 Å². The van der Waals surface area contributed by atoms with Crippen molar-refractivity contribution in [1.82, 2.24) is 0 Å². The smallest absolute Gasteiger partial charge is 0.403 e. The van der Waals surface area contributed by atoms with Crippen LogP contribution in [0.4, 0.5) is 0 Å². The lowest BCUT2D eigenvalue weighted by molar-refractivity contribution is 0.00578. The summed E-state index contributed by atoms with van der Waals surface area (Å²) in [5, 5.41) is 0. The lowest BCUT2D eigenvalue weighted by atomic mass is 9.80. The van der Waals surface area contributed by atoms with Gasteiger partial charge >= 0.3 is 7.12 Å². The van der Waals surface area contributed by atoms with Crippen LogP contribution in [0.2, 0.25) is 0 Å². The topological polar surface area (TPSA) is 18.5 Å². The van der Waals surface area contributed by atoms with Gasteiger partial charge in [0.25, 0.3) is 0 Å². The van der Waals surface area contributed by atoms with E-state index in [2.05, 4.69) is 58.9 Å². The van der Waals surface area contributed by atoms with E-state index in [1.807, 2.05) is 0 Å². The van der Waals surface area contributed by atoms with Crippen LogP contribution in [0.3, 0.4) is 0 Å². The van der Waals surface area contributed by atoms with E-state index in [1.54, 1.807) is 0 Å². The molecule has 1 aromatic rings. The predicted molar refractivity (Wildman–Crippen MR) is 71.0 cm³/mol. The zero-order valence-corrected chi connectivity index (χ0v) is 11.4. The highest BCUT2D eigenvalue weighted by Crippen LogP contribution is 2.37. The van der Waals surface area contributed by atoms with Gasteiger partial charge in [-0.15, -0.1) is 0 Å². The molecule has 0 spiro atoms. The van der Waals surface area contributed by atoms with Crippen LogP contribution in [0.15, 0.2) is 24.3 Å². The monoisotopic (exact) mass is 232 g/mol. The maximum absolute atomic E-state index is 5.98. The van der Waals surface area contributed by atoms with Crippen molar-refractivity contribution in [2.24, 2.45) is 0 Å². The fraction of sp³-hybridized carbons (Fsp3) is 0.571. The molecule has 92 valence electrons. The van der Waals surface area contributed by atoms with Crippen LogP contribution >= 0.6 is 0 Å². The molecule has 0 radical (unpaired) electrons. The number of benzene rings is 1. The summed E-state index contributed by atoms with van der Waals surface area (Å²) in [7, 11) is -0.136. The highest BCUT2D eigenvalue weighted by atomic mass is 16.7. The van der Waals surface area contributed by atoms with E-state index in [0.29, 0.717) is 0 Å². The molecule has 0 unspecified atom stereocenters. The van der Waals surface area contributed by atoms with Crippen LogP contribution in [0.5, 0.6) is 0 Å². The average Bonchev–Trinajstić information content (AvgIpc) is 2.39. The Bertz CT molecular complexity index is 379. The summed E-state index contributed by atoms with van der Waals surface area (Å²) in [6.07, 6.45) is 0.813. The zero-order valence-electron chi connectivity index (χ0n) is 11.4. The average molecular weight is 232 g/mol. The van der Waals surface area contributed by atoms with Gasteiger partial charge in [0.1, 0.15) is 0 Å². The number of hydrogen-bond acceptors (Lipinski definition) is 2. The zero-order chi connectivity index (χ0) is 12.7. The Hall–Kier alpha value is -0.795. The van der Waals surface area contributed by atoms with Crippen LogP contribution < -0.4 is 0 Å². The molecule has 0 saturated carbocycles. The summed E-state index contributed by atoms with van der Waals surface area (Å²) in [4.78, 5) is 0. The lowest BCUT2D eigenvalue weighted by Crippen LogP contribution is -2.41. The second kappa shape index (κ2) is 4.15. The van der Waals surface area contributed by atoms with E-state index in [9.17, 15) is 0 Å². The predicted octanol–water partition coefficient (Wildman–Crippen LogP) is 3.17. The summed E-state index contributed by atoms with van der Waals surface area (Å²) >= 11 is 0. The van der Waals surface area contributed by atoms with Gasteiger partial charge in [-0.3, -0.25) is 0 Å². The summed E-state index contributed by atoms with van der Waals surface area (Å²) < 4.78 is 12.0. The third-order valence-corrected chi connectivity index (χ3v) is 3.83. The Balaban J connectivity index is 2.05. The highest BCUT2D eigenvalue weighted by molar-refractivity contribution is 6.45. The molecule has 2 rings (SSSR count). The molecular weight excluding hydrogens is 211 g/mol. The molecule has 1 aromatic carbocycles. The van der Waals surface area contributed by atoms with Crippen LogP contribution in [0.1, 0.15) is 38.8 Å². The lowest BCUT2D eigenvalue weighted by Gasteiger charge is -2.32. The molecule has 0 aromatic heterocycles. The first kappa shape index (κ1) is 12.7. The Morgan fingerprint density at radius 1 is 0.941 bits per heavy atom. The molecule has 1 heterocycles. The van der Waals surface area contributed by atoms with Crippen molar-refractivity contribution >= 4 is 7.12 Å². The fourth-order valence-corrected chi connectivity index (χ4v) is 1.97. The van der Waals surface area contributed by atoms with Gasteiger partial charge < -0.3 is 9.31 Å². The first-order valence-electron chi connectivity index (χ1n) is 6.21. The summed E-state index contributed by atoms with van der Waals surface area (Å²) in [6, 6.07) is 8.53. The second-order valence-corrected chi connectivity index (χ2v) is 5.88. The Kier molecular flexibility index (Phi) is 3.09. The van der Waals surface area contributed by atoms with Crippen LogP contribution in [-0.4, -0.2) is 18.3 Å². The van der Waals surface area contributed by atoms with Crippen LogP contribution in [0, 0.1) is 6.92 Å². The minimum absolute atomic E-state index is 0.136. The Morgan fingerprint density at radius 2 is 1.41 bits per heavy atom. The second-order valence-electron chi connectivity index (χ2n) is 5.88. The van der Waals surface area contributed by atoms with Crippen molar-refractivity contribution in [1.29, 1.82) is 0 Å². The maximum atomic E-state index is 5.98. The van der Waals surface area contributed by atoms with Gasteiger partial charge in [0.05, 0.1) is 11.2 Å². The van der Waals surface area contributed by atoms with Crippen LogP contribution in [-0.2, 0) is 15.6 Å². The van der Waals surface area contributed by atoms with Crippen molar-refractivity contribution < 1.29 is 9.31 Å². The summed E-state index contributed by atoms with van der Waals surface area (Å²) in [5.74, 6) is 0. The Morgan fingerprint density at radius 3 is 1.88 bits per heavy atom. The van der Waals surface area contributed by atoms with E-state index in [-0.39, 0.29) is 18.3 Å². The minimum Gasteiger partial charge on any atom is -0.403 e. The minimum atomic E-state index is -0.234. The van der Waals surface area contributed by atoms with E-state index < -0.39 is 0 Å². The number of rotatable bonds is 2. The third kappa shape index (κ3) is 2.56. The van der Waals surface area contributed by atoms with Gasteiger partial charge in [0.15, 0.2) is 0 Å². The molecule has 0 bridgehead atoms. The SMILES string of the molecule is Cc1ccc(CB2OC(C)(C)C(C)(C)O2)cc1. The van der Waals surface area contributed by atoms with Crippen molar-refractivity contribution in [2.45, 2.75) is 52.1 Å². The first-order valence-corrected chi connectivity index (χ1v) is 6.21. The fourth-order valence-electron chi connectivity index (χ4n) is 1.97. The van der Waals surface area contributed by atoms with Crippen LogP contribution in [0.25, 0.3) is 0 Å². The molecule has 0 amide bonds. The van der Waals surface area contributed by atoms with Gasteiger partial charge in [0.2, 0.25) is 0 Å². The van der Waals surface area contributed by atoms with E-state index in [0.717, 1.165) is 6.32 Å². The highest BCUT2D eigenvalue weighted by Gasteiger charge is 2.50. The number of hydrogen-bond donors (Lipinski definition) is 0. The third-order valence-electron chi connectivity index (χ3n) is 3.83. The molecular formula is C14H21BO2. The maximum Gasteiger partial charge on any atom is 0.462 e. The van der Waals surface area contributed by atoms with Gasteiger partial charge in [-0.1, -0.05) is 29.8 Å². The largest absolute Gasteiger partial charge is 0.462 e. The van der Waals surface area contributed by atoms with Gasteiger partial charge in [-0.05, 0) is 40.2 Å². The number of aryl methyl sites for hydroxylation is 1. The molecule has 1 fully saturated rings. The standard InChI is InChI=1S/C14H21BO2/c1-11-6-8-12(9-7-11)10-15-16-13(2,3)14(4,5)17-15/h6-9H,10H2,1-5H3. The summed E-state index contributed by atoms with van der Waals surface area (Å²) in [5.41, 5.74) is 2.07. The molecule has 1 aliphatic heterocycles. The molecule has 17 heavy (non-hydrogen) atoms. The first-order chi connectivity index (χ1) is 7.80. The Labute approximate surface area is 104 Å². The van der Waals surface area contributed by atoms with Gasteiger partial charge in [-0.25, -0.2) is 0 Å². The molecule has 0 aliphatic carbocycles. The molecule has 0 N–H and O–H groups in total. The van der Waals surface area contributed by atoms with E-state index >= 15 is 0 Å². The molecule has 1 saturated heterocycles. The molecule has 2 nitrogen and oxygen atoms in total. The molecule has 1 aliphatic rings. The van der Waals surface area contributed by atoms with E-state index in [4.69, 9.17) is 9.31 Å². The molecule has 3 heteroatoms. The van der Waals surface area contributed by atoms with Crippen molar-refractivity contribution in [2.75, 3.05) is 0 Å². The normalized spacial score (nSPS) is 21.8.